The molecule has 0 spiro atoms. The third-order valence-electron chi connectivity index (χ3n) is 3.45. The van der Waals surface area contributed by atoms with Crippen molar-refractivity contribution in [2.75, 3.05) is 0 Å². The Kier molecular flexibility index (Phi) is 0.685. The lowest BCUT2D eigenvalue weighted by Crippen LogP contribution is -1.80. The highest BCUT2D eigenvalue weighted by Gasteiger charge is 2.13. The molecule has 5 rings (SSSR count). The second-order valence-corrected chi connectivity index (χ2v) is 4.39. The molecule has 0 bridgehead atoms. The maximum Gasteiger partial charge on any atom is 0.167 e. The Labute approximate surface area is 123 Å². The van der Waals surface area contributed by atoms with Crippen molar-refractivity contribution in [2.24, 2.45) is 0 Å². The number of rotatable bonds is 0. The zero-order valence-electron chi connectivity index (χ0n) is 19.5. The molecule has 1 heteroatoms. The van der Waals surface area contributed by atoms with Gasteiger partial charge in [-0.1, -0.05) is 48.4 Å². The van der Waals surface area contributed by atoms with Crippen molar-refractivity contribution in [3.8, 4) is 0 Å². The van der Waals surface area contributed by atoms with Crippen molar-refractivity contribution in [1.29, 1.82) is 0 Å². The van der Waals surface area contributed by atoms with Crippen LogP contribution in [-0.2, 0) is 0 Å². The first-order chi connectivity index (χ1) is 13.6. The van der Waals surface area contributed by atoms with Crippen LogP contribution in [0.2, 0.25) is 1.41 Å². The standard InChI is InChI=1S/C18H11N/c1-2-6-12-11(5-1)13-7-3-9-15-17(13)18-14(12)8-4-10-16(18)19-15/h1-10,19H/i1D,2D,3D,4D,5D,7D,8D,9D,10D/hD. The molecule has 1 nitrogen and oxygen atoms in total. The van der Waals surface area contributed by atoms with E-state index in [-0.39, 0.29) is 85.6 Å². The topological polar surface area (TPSA) is 15.8 Å². The van der Waals surface area contributed by atoms with Crippen molar-refractivity contribution >= 4 is 43.4 Å². The first kappa shape index (κ1) is 4.24. The second-order valence-electron chi connectivity index (χ2n) is 4.39. The number of aromatic nitrogens is 1. The van der Waals surface area contributed by atoms with Crippen LogP contribution in [0.1, 0.15) is 12.3 Å². The summed E-state index contributed by atoms with van der Waals surface area (Å²) < 4.78 is 82.6. The summed E-state index contributed by atoms with van der Waals surface area (Å²) in [5.41, 5.74) is -0.0586. The van der Waals surface area contributed by atoms with Crippen molar-refractivity contribution in [3.05, 3.63) is 60.4 Å². The molecule has 0 aliphatic rings. The summed E-state index contributed by atoms with van der Waals surface area (Å²) in [5, 5.41) is 0.969. The summed E-state index contributed by atoms with van der Waals surface area (Å²) >= 11 is 0. The Hall–Kier alpha value is -2.54. The van der Waals surface area contributed by atoms with Gasteiger partial charge in [-0.3, -0.25) is 0 Å². The van der Waals surface area contributed by atoms with E-state index >= 15 is 0 Å². The number of nitrogens with one attached hydrogen (secondary N) is 1. The largest absolute Gasteiger partial charge is 0.354 e. The third-order valence-corrected chi connectivity index (χ3v) is 3.45. The lowest BCUT2D eigenvalue weighted by atomic mass is 9.95. The first-order valence-corrected chi connectivity index (χ1v) is 5.77. The smallest absolute Gasteiger partial charge is 0.167 e. The highest BCUT2D eigenvalue weighted by atomic mass is 14.7. The number of fused-ring (bicyclic) bond motifs is 3. The van der Waals surface area contributed by atoms with Gasteiger partial charge in [0.2, 0.25) is 0 Å². The Morgan fingerprint density at radius 1 is 0.684 bits per heavy atom. The molecule has 0 amide bonds. The molecule has 1 heterocycles. The molecule has 0 saturated heterocycles. The van der Waals surface area contributed by atoms with Crippen molar-refractivity contribution in [1.82, 2.24) is 4.98 Å². The van der Waals surface area contributed by atoms with Gasteiger partial charge in [0.15, 0.2) is 1.41 Å². The van der Waals surface area contributed by atoms with Gasteiger partial charge in [-0.25, -0.2) is 0 Å². The maximum atomic E-state index is 8.46. The maximum absolute atomic E-state index is 8.46. The monoisotopic (exact) mass is 251 g/mol. The van der Waals surface area contributed by atoms with E-state index in [9.17, 15) is 0 Å². The second kappa shape index (κ2) is 3.07. The van der Waals surface area contributed by atoms with Crippen molar-refractivity contribution < 1.29 is 13.7 Å². The van der Waals surface area contributed by atoms with E-state index in [1.165, 1.54) is 6.07 Å². The van der Waals surface area contributed by atoms with E-state index in [0.29, 0.717) is 0 Å². The zero-order valence-corrected chi connectivity index (χ0v) is 9.52. The summed E-state index contributed by atoms with van der Waals surface area (Å²) in [6, 6.07) is -2.01. The average Bonchev–Trinajstić information content (AvgIpc) is 2.98. The number of benzene rings is 4. The van der Waals surface area contributed by atoms with E-state index in [1.54, 1.807) is 0 Å². The molecule has 1 aromatic heterocycles. The number of hydrogen-bond acceptors (Lipinski definition) is 0. The fourth-order valence-electron chi connectivity index (χ4n) is 2.69. The lowest BCUT2D eigenvalue weighted by molar-refractivity contribution is 1.55. The van der Waals surface area contributed by atoms with Gasteiger partial charge in [0.05, 0.1) is 12.3 Å². The highest BCUT2D eigenvalue weighted by molar-refractivity contribution is 6.33. The highest BCUT2D eigenvalue weighted by Crippen LogP contribution is 2.40. The van der Waals surface area contributed by atoms with E-state index < -0.39 is 12.1 Å². The molecule has 4 aromatic carbocycles. The van der Waals surface area contributed by atoms with Crippen LogP contribution in [-0.4, -0.2) is 4.98 Å². The van der Waals surface area contributed by atoms with Crippen LogP contribution >= 0.6 is 0 Å². The molecule has 88 valence electrons. The quantitative estimate of drug-likeness (QED) is 0.370. The third kappa shape index (κ3) is 1.02. The Balaban J connectivity index is 2.39. The summed E-state index contributed by atoms with van der Waals surface area (Å²) in [5.74, 6) is 0. The molecule has 0 fully saturated rings. The zero-order chi connectivity index (χ0) is 21.1. The van der Waals surface area contributed by atoms with Crippen molar-refractivity contribution in [3.63, 3.8) is 0 Å². The molecule has 0 aliphatic heterocycles. The van der Waals surface area contributed by atoms with Crippen LogP contribution in [0.25, 0.3) is 43.4 Å². The van der Waals surface area contributed by atoms with Crippen LogP contribution in [0.15, 0.2) is 60.4 Å². The average molecular weight is 251 g/mol. The van der Waals surface area contributed by atoms with Crippen molar-refractivity contribution in [2.45, 2.75) is 0 Å². The Bertz CT molecular complexity index is 1550. The van der Waals surface area contributed by atoms with Gasteiger partial charge < -0.3 is 4.98 Å². The van der Waals surface area contributed by atoms with E-state index in [4.69, 9.17) is 13.7 Å². The van der Waals surface area contributed by atoms with Gasteiger partial charge >= 0.3 is 0 Å². The van der Waals surface area contributed by atoms with Crippen LogP contribution < -0.4 is 0 Å². The van der Waals surface area contributed by atoms with E-state index in [1.807, 2.05) is 0 Å². The fourth-order valence-corrected chi connectivity index (χ4v) is 2.69. The minimum absolute atomic E-state index is 0.0191. The molecule has 0 aliphatic carbocycles. The minimum atomic E-state index is -0.456. The van der Waals surface area contributed by atoms with E-state index in [2.05, 4.69) is 0 Å². The van der Waals surface area contributed by atoms with Crippen LogP contribution in [0.3, 0.4) is 0 Å². The molecule has 0 radical (unpaired) electrons. The Morgan fingerprint density at radius 3 is 2.05 bits per heavy atom. The van der Waals surface area contributed by atoms with Gasteiger partial charge in [-0.2, -0.15) is 0 Å². The SMILES string of the molecule is [2H]c1cc2c(c([2H])c1[2H])c1c([2H])c([2H])c([2H])c3c1c1c2c([2H])c([2H])c([2H])c1n3[2H]. The number of H-pyrrole nitrogens is 1. The predicted molar refractivity (Wildman–Crippen MR) is 82.0 cm³/mol. The molecule has 0 atom stereocenters. The number of aromatic amines is 1. The van der Waals surface area contributed by atoms with Gasteiger partial charge in [0, 0.05) is 21.8 Å². The number of hydrogen-bond donors (Lipinski definition) is 1. The Morgan fingerprint density at radius 2 is 1.32 bits per heavy atom. The molecule has 0 saturated carbocycles. The fraction of sp³-hybridized carbons (Fsp3) is 0. The molecule has 19 heavy (non-hydrogen) atoms. The van der Waals surface area contributed by atoms with Crippen LogP contribution in [0.4, 0.5) is 0 Å². The predicted octanol–water partition coefficient (Wildman–Crippen LogP) is 5.07. The van der Waals surface area contributed by atoms with Crippen LogP contribution in [0, 0.1) is 0 Å². The van der Waals surface area contributed by atoms with Gasteiger partial charge in [0.1, 0.15) is 0 Å². The molecule has 0 unspecified atom stereocenters. The summed E-state index contributed by atoms with van der Waals surface area (Å²) in [6.45, 7) is 0. The normalized spacial score (nSPS) is 19.6. The molecule has 1 N–H and O–H groups in total. The summed E-state index contributed by atoms with van der Waals surface area (Å²) in [6.07, 6.45) is 0. The van der Waals surface area contributed by atoms with Gasteiger partial charge in [0.25, 0.3) is 0 Å². The molecule has 5 aromatic rings. The molecular weight excluding hydrogens is 230 g/mol. The summed E-state index contributed by atoms with van der Waals surface area (Å²) in [7, 11) is 0. The molecular formula is C18H11N. The minimum Gasteiger partial charge on any atom is -0.354 e. The van der Waals surface area contributed by atoms with Gasteiger partial charge in [-0.15, -0.1) is 0 Å². The first-order valence-electron chi connectivity index (χ1n) is 10.7. The van der Waals surface area contributed by atoms with Crippen LogP contribution in [0.5, 0.6) is 0 Å². The lowest BCUT2D eigenvalue weighted by Gasteiger charge is -2.08. The van der Waals surface area contributed by atoms with Gasteiger partial charge in [-0.05, 0) is 33.6 Å². The summed E-state index contributed by atoms with van der Waals surface area (Å²) in [4.78, 5) is 0.788. The van der Waals surface area contributed by atoms with E-state index in [0.717, 1.165) is 4.98 Å².